The van der Waals surface area contributed by atoms with Crippen LogP contribution in [0.4, 0.5) is 0 Å². The minimum atomic E-state index is 1.01. The van der Waals surface area contributed by atoms with Gasteiger partial charge in [0, 0.05) is 0 Å². The standard InChI is InChI=1S/C16H22/c1-8-4-11-6-12(8)16-14(11)7-13-9-2-3-10(5-9)15(13)16/h2-3,8-16H,4-7H2,1H3. The third-order valence-corrected chi connectivity index (χ3v) is 7.25. The van der Waals surface area contributed by atoms with Crippen molar-refractivity contribution >= 4 is 0 Å². The molecule has 4 bridgehead atoms. The van der Waals surface area contributed by atoms with E-state index < -0.39 is 0 Å². The van der Waals surface area contributed by atoms with Gasteiger partial charge in [-0.2, -0.15) is 0 Å². The topological polar surface area (TPSA) is 0 Å². The molecule has 0 amide bonds. The van der Waals surface area contributed by atoms with Gasteiger partial charge in [0.25, 0.3) is 0 Å². The van der Waals surface area contributed by atoms with Gasteiger partial charge in [0.15, 0.2) is 0 Å². The van der Waals surface area contributed by atoms with E-state index in [0.717, 1.165) is 41.4 Å². The summed E-state index contributed by atoms with van der Waals surface area (Å²) in [6.45, 7) is 2.54. The summed E-state index contributed by atoms with van der Waals surface area (Å²) in [5.41, 5.74) is 0. The third-order valence-electron chi connectivity index (χ3n) is 7.25. The largest absolute Gasteiger partial charge is 0.0848 e. The molecule has 0 nitrogen and oxygen atoms in total. The summed E-state index contributed by atoms with van der Waals surface area (Å²) in [6, 6.07) is 0. The highest BCUT2D eigenvalue weighted by Crippen LogP contribution is 2.70. The van der Waals surface area contributed by atoms with Crippen LogP contribution >= 0.6 is 0 Å². The van der Waals surface area contributed by atoms with Crippen molar-refractivity contribution in [2.24, 2.45) is 53.3 Å². The van der Waals surface area contributed by atoms with Crippen LogP contribution in [0.3, 0.4) is 0 Å². The minimum absolute atomic E-state index is 1.01. The second-order valence-electron chi connectivity index (χ2n) is 7.54. The predicted molar refractivity (Wildman–Crippen MR) is 64.7 cm³/mol. The van der Waals surface area contributed by atoms with Crippen molar-refractivity contribution in [3.05, 3.63) is 12.2 Å². The summed E-state index contributed by atoms with van der Waals surface area (Å²) in [5, 5.41) is 0. The van der Waals surface area contributed by atoms with Crippen LogP contribution in [0.25, 0.3) is 0 Å². The van der Waals surface area contributed by atoms with Gasteiger partial charge in [-0.1, -0.05) is 19.1 Å². The molecule has 0 heteroatoms. The van der Waals surface area contributed by atoms with Crippen LogP contribution in [-0.4, -0.2) is 0 Å². The second-order valence-corrected chi connectivity index (χ2v) is 7.54. The molecule has 0 N–H and O–H groups in total. The Labute approximate surface area is 98.5 Å². The van der Waals surface area contributed by atoms with E-state index >= 15 is 0 Å². The first-order valence-electron chi connectivity index (χ1n) is 7.51. The van der Waals surface area contributed by atoms with E-state index in [9.17, 15) is 0 Å². The van der Waals surface area contributed by atoms with E-state index in [1.807, 2.05) is 0 Å². The van der Waals surface area contributed by atoms with E-state index in [2.05, 4.69) is 19.1 Å². The molecule has 5 rings (SSSR count). The van der Waals surface area contributed by atoms with Crippen molar-refractivity contribution in [2.75, 3.05) is 0 Å². The maximum absolute atomic E-state index is 2.59. The fourth-order valence-corrected chi connectivity index (χ4v) is 6.95. The quantitative estimate of drug-likeness (QED) is 0.539. The number of hydrogen-bond acceptors (Lipinski definition) is 0. The summed E-state index contributed by atoms with van der Waals surface area (Å²) in [4.78, 5) is 0. The van der Waals surface area contributed by atoms with Crippen LogP contribution in [-0.2, 0) is 0 Å². The molecule has 0 saturated heterocycles. The van der Waals surface area contributed by atoms with Gasteiger partial charge >= 0.3 is 0 Å². The Balaban J connectivity index is 1.57. The number of fused-ring (bicyclic) bond motifs is 11. The zero-order valence-corrected chi connectivity index (χ0v) is 10.2. The second kappa shape index (κ2) is 2.60. The molecule has 5 aliphatic rings. The Kier molecular flexibility index (Phi) is 1.42. The van der Waals surface area contributed by atoms with Crippen molar-refractivity contribution in [1.29, 1.82) is 0 Å². The number of allylic oxidation sites excluding steroid dienone is 2. The normalized spacial score (nSPS) is 68.9. The Morgan fingerprint density at radius 2 is 1.62 bits per heavy atom. The fraction of sp³-hybridized carbons (Fsp3) is 0.875. The molecule has 0 spiro atoms. The molecule has 0 aromatic carbocycles. The maximum atomic E-state index is 2.59. The highest BCUT2D eigenvalue weighted by molar-refractivity contribution is 5.21. The van der Waals surface area contributed by atoms with Gasteiger partial charge in [0.2, 0.25) is 0 Å². The van der Waals surface area contributed by atoms with Gasteiger partial charge < -0.3 is 0 Å². The first kappa shape index (κ1) is 8.78. The van der Waals surface area contributed by atoms with Crippen molar-refractivity contribution < 1.29 is 0 Å². The molecular weight excluding hydrogens is 192 g/mol. The Bertz CT molecular complexity index is 368. The molecule has 16 heavy (non-hydrogen) atoms. The maximum Gasteiger partial charge on any atom is -0.0194 e. The molecule has 0 aromatic heterocycles. The SMILES string of the molecule is CC1CC2CC1C1C2CC2C3C=CC(C3)C21. The van der Waals surface area contributed by atoms with E-state index in [1.54, 1.807) is 19.3 Å². The van der Waals surface area contributed by atoms with Crippen LogP contribution in [0, 0.1) is 53.3 Å². The first-order chi connectivity index (χ1) is 7.83. The number of hydrogen-bond donors (Lipinski definition) is 0. The Morgan fingerprint density at radius 3 is 2.56 bits per heavy atom. The zero-order chi connectivity index (χ0) is 10.4. The lowest BCUT2D eigenvalue weighted by Gasteiger charge is -2.34. The van der Waals surface area contributed by atoms with Gasteiger partial charge in [-0.3, -0.25) is 0 Å². The Morgan fingerprint density at radius 1 is 0.750 bits per heavy atom. The number of rotatable bonds is 0. The van der Waals surface area contributed by atoms with E-state index in [1.165, 1.54) is 18.3 Å². The van der Waals surface area contributed by atoms with Gasteiger partial charge in [-0.05, 0) is 78.9 Å². The minimum Gasteiger partial charge on any atom is -0.0848 e. The molecule has 9 unspecified atom stereocenters. The molecule has 0 radical (unpaired) electrons. The molecule has 0 aromatic rings. The first-order valence-corrected chi connectivity index (χ1v) is 7.51. The van der Waals surface area contributed by atoms with E-state index in [4.69, 9.17) is 0 Å². The summed E-state index contributed by atoms with van der Waals surface area (Å²) in [7, 11) is 0. The molecule has 5 aliphatic carbocycles. The lowest BCUT2D eigenvalue weighted by molar-refractivity contribution is 0.143. The van der Waals surface area contributed by atoms with Gasteiger partial charge in [0.05, 0.1) is 0 Å². The van der Waals surface area contributed by atoms with Gasteiger partial charge in [-0.25, -0.2) is 0 Å². The van der Waals surface area contributed by atoms with E-state index in [-0.39, 0.29) is 0 Å². The van der Waals surface area contributed by atoms with Crippen LogP contribution in [0.15, 0.2) is 12.2 Å². The van der Waals surface area contributed by atoms with Crippen LogP contribution in [0.5, 0.6) is 0 Å². The summed E-state index contributed by atoms with van der Waals surface area (Å²) in [5.74, 6) is 9.96. The van der Waals surface area contributed by atoms with Crippen molar-refractivity contribution in [3.63, 3.8) is 0 Å². The van der Waals surface area contributed by atoms with Gasteiger partial charge in [-0.15, -0.1) is 0 Å². The molecule has 4 saturated carbocycles. The summed E-state index contributed by atoms with van der Waals surface area (Å²) >= 11 is 0. The van der Waals surface area contributed by atoms with Crippen molar-refractivity contribution in [1.82, 2.24) is 0 Å². The average Bonchev–Trinajstić information content (AvgIpc) is 2.97. The highest BCUT2D eigenvalue weighted by Gasteiger charge is 2.63. The summed E-state index contributed by atoms with van der Waals surface area (Å²) in [6.07, 6.45) is 11.5. The monoisotopic (exact) mass is 214 g/mol. The molecule has 9 atom stereocenters. The predicted octanol–water partition coefficient (Wildman–Crippen LogP) is 3.74. The van der Waals surface area contributed by atoms with Gasteiger partial charge in [0.1, 0.15) is 0 Å². The molecule has 0 aliphatic heterocycles. The van der Waals surface area contributed by atoms with E-state index in [0.29, 0.717) is 0 Å². The smallest absolute Gasteiger partial charge is 0.0194 e. The average molecular weight is 214 g/mol. The van der Waals surface area contributed by atoms with Crippen molar-refractivity contribution in [2.45, 2.75) is 32.6 Å². The van der Waals surface area contributed by atoms with Crippen LogP contribution in [0.2, 0.25) is 0 Å². The molecule has 4 fully saturated rings. The molecule has 0 heterocycles. The van der Waals surface area contributed by atoms with Crippen LogP contribution < -0.4 is 0 Å². The van der Waals surface area contributed by atoms with Crippen molar-refractivity contribution in [3.8, 4) is 0 Å². The summed E-state index contributed by atoms with van der Waals surface area (Å²) < 4.78 is 0. The molecular formula is C16H22. The fourth-order valence-electron chi connectivity index (χ4n) is 6.95. The highest BCUT2D eigenvalue weighted by atomic mass is 14.7. The van der Waals surface area contributed by atoms with Crippen LogP contribution in [0.1, 0.15) is 32.6 Å². The third kappa shape index (κ3) is 0.802. The lowest BCUT2D eigenvalue weighted by Crippen LogP contribution is -2.29. The molecule has 86 valence electrons. The zero-order valence-electron chi connectivity index (χ0n) is 10.2. The lowest BCUT2D eigenvalue weighted by atomic mass is 9.70. The Hall–Kier alpha value is -0.260.